The second kappa shape index (κ2) is 8.53. The maximum absolute atomic E-state index is 12.7. The first-order valence-electron chi connectivity index (χ1n) is 10.8. The summed E-state index contributed by atoms with van der Waals surface area (Å²) < 4.78 is 0. The monoisotopic (exact) mass is 439 g/mol. The van der Waals surface area contributed by atoms with Gasteiger partial charge in [-0.2, -0.15) is 0 Å². The fourth-order valence-corrected chi connectivity index (χ4v) is 5.94. The third kappa shape index (κ3) is 4.12. The molecule has 0 saturated carbocycles. The van der Waals surface area contributed by atoms with Crippen LogP contribution in [0.4, 0.5) is 0 Å². The Morgan fingerprint density at radius 1 is 1.23 bits per heavy atom. The molecule has 2 aromatic rings. The topological polar surface area (TPSA) is 20.3 Å². The number of nitrogens with zero attached hydrogens (tertiary/aromatic N) is 1. The number of carbonyl (C=O) groups is 1. The lowest BCUT2D eigenvalue weighted by molar-refractivity contribution is 0.0396. The van der Waals surface area contributed by atoms with E-state index >= 15 is 0 Å². The van der Waals surface area contributed by atoms with Gasteiger partial charge in [0.05, 0.1) is 0 Å². The van der Waals surface area contributed by atoms with Gasteiger partial charge in [-0.3, -0.25) is 9.69 Å². The number of hydrogen-bond donors (Lipinski definition) is 0. The number of piperidine rings is 1. The number of thioether (sulfide) groups is 1. The Morgan fingerprint density at radius 2 is 1.97 bits per heavy atom. The molecule has 0 N–H and O–H groups in total. The van der Waals surface area contributed by atoms with Crippen molar-refractivity contribution < 1.29 is 4.79 Å². The van der Waals surface area contributed by atoms with E-state index in [2.05, 4.69) is 56.9 Å². The summed E-state index contributed by atoms with van der Waals surface area (Å²) in [5, 5.41) is 0.716. The van der Waals surface area contributed by atoms with E-state index in [1.54, 1.807) is 24.3 Å². The van der Waals surface area contributed by atoms with Gasteiger partial charge in [0.15, 0.2) is 0 Å². The minimum atomic E-state index is 0.0649. The quantitative estimate of drug-likeness (QED) is 0.387. The molecule has 2 aliphatic rings. The van der Waals surface area contributed by atoms with Crippen LogP contribution in [0.3, 0.4) is 0 Å². The van der Waals surface area contributed by atoms with E-state index in [0.717, 1.165) is 30.8 Å². The van der Waals surface area contributed by atoms with Crippen LogP contribution in [0, 0.1) is 5.92 Å². The molecule has 2 nitrogen and oxygen atoms in total. The highest BCUT2D eigenvalue weighted by Crippen LogP contribution is 2.49. The minimum absolute atomic E-state index is 0.0649. The van der Waals surface area contributed by atoms with Crippen molar-refractivity contribution in [2.75, 3.05) is 13.1 Å². The van der Waals surface area contributed by atoms with Crippen LogP contribution in [0.25, 0.3) is 0 Å². The second-order valence-electron chi connectivity index (χ2n) is 9.22. The summed E-state index contributed by atoms with van der Waals surface area (Å²) >= 11 is 7.27. The van der Waals surface area contributed by atoms with Crippen LogP contribution in [0.15, 0.2) is 59.0 Å². The number of rotatable bonds is 4. The summed E-state index contributed by atoms with van der Waals surface area (Å²) in [6.07, 6.45) is 4.61. The van der Waals surface area contributed by atoms with E-state index in [0.29, 0.717) is 22.5 Å². The predicted molar refractivity (Wildman–Crippen MR) is 128 cm³/mol. The van der Waals surface area contributed by atoms with Gasteiger partial charge in [0, 0.05) is 28.1 Å². The van der Waals surface area contributed by atoms with E-state index in [4.69, 9.17) is 11.6 Å². The molecular weight excluding hydrogens is 410 g/mol. The molecule has 0 radical (unpaired) electrons. The smallest absolute Gasteiger partial charge is 0.224 e. The molecule has 1 aliphatic carbocycles. The molecule has 3 atom stereocenters. The van der Waals surface area contributed by atoms with Crippen LogP contribution in [0.5, 0.6) is 0 Å². The standard InChI is InChI=1S/C26H30ClNOS/c1-17(2)11-13-28-14-12-26(4)18(3)24(28)15-20-7-10-22(16-23(20)26)30-25(29)19-5-8-21(27)9-6-19/h5-11,16,18,24H,12-15H2,1-4H3/t18-,24?,26+/m0/s1. The molecular formula is C26H30ClNOS. The van der Waals surface area contributed by atoms with Gasteiger partial charge in [0.1, 0.15) is 0 Å². The first-order chi connectivity index (χ1) is 14.3. The highest BCUT2D eigenvalue weighted by atomic mass is 35.5. The molecule has 2 aromatic carbocycles. The summed E-state index contributed by atoms with van der Waals surface area (Å²) in [7, 11) is 0. The Balaban J connectivity index is 1.58. The average Bonchev–Trinajstić information content (AvgIpc) is 2.71. The lowest BCUT2D eigenvalue weighted by Gasteiger charge is -2.54. The van der Waals surface area contributed by atoms with E-state index in [1.807, 2.05) is 0 Å². The van der Waals surface area contributed by atoms with Gasteiger partial charge < -0.3 is 0 Å². The molecule has 2 bridgehead atoms. The zero-order valence-corrected chi connectivity index (χ0v) is 19.8. The van der Waals surface area contributed by atoms with Gasteiger partial charge in [-0.25, -0.2) is 0 Å². The Kier molecular flexibility index (Phi) is 6.16. The molecule has 158 valence electrons. The first kappa shape index (κ1) is 21.7. The van der Waals surface area contributed by atoms with Gasteiger partial charge in [0.25, 0.3) is 0 Å². The molecule has 1 aliphatic heterocycles. The normalized spacial score (nSPS) is 25.5. The molecule has 1 saturated heterocycles. The van der Waals surface area contributed by atoms with Crippen LogP contribution >= 0.6 is 23.4 Å². The first-order valence-corrected chi connectivity index (χ1v) is 12.0. The van der Waals surface area contributed by atoms with Crippen molar-refractivity contribution in [2.45, 2.75) is 56.9 Å². The third-order valence-corrected chi connectivity index (χ3v) is 8.28. The summed E-state index contributed by atoms with van der Waals surface area (Å²) in [4.78, 5) is 16.4. The number of hydrogen-bond acceptors (Lipinski definition) is 3. The zero-order valence-electron chi connectivity index (χ0n) is 18.2. The SMILES string of the molecule is CC(C)=CCN1CC[C@@]2(C)c3cc(SC(=O)c4ccc(Cl)cc4)ccc3CC1[C@@H]2C. The van der Waals surface area contributed by atoms with E-state index in [1.165, 1.54) is 28.5 Å². The number of halogens is 1. The Bertz CT molecular complexity index is 979. The van der Waals surface area contributed by atoms with Crippen LogP contribution < -0.4 is 0 Å². The van der Waals surface area contributed by atoms with Crippen molar-refractivity contribution in [1.29, 1.82) is 0 Å². The van der Waals surface area contributed by atoms with Gasteiger partial charge in [0.2, 0.25) is 5.12 Å². The molecule has 1 unspecified atom stereocenters. The summed E-state index contributed by atoms with van der Waals surface area (Å²) in [6.45, 7) is 11.4. The molecule has 0 spiro atoms. The largest absolute Gasteiger partial charge is 0.296 e. The second-order valence-corrected chi connectivity index (χ2v) is 10.7. The zero-order chi connectivity index (χ0) is 21.5. The Labute approximate surface area is 189 Å². The van der Waals surface area contributed by atoms with Crippen molar-refractivity contribution in [3.63, 3.8) is 0 Å². The molecule has 4 heteroatoms. The van der Waals surface area contributed by atoms with Crippen molar-refractivity contribution in [3.05, 3.63) is 75.8 Å². The fraction of sp³-hybridized carbons (Fsp3) is 0.423. The number of carbonyl (C=O) groups excluding carboxylic acids is 1. The van der Waals surface area contributed by atoms with Crippen LogP contribution in [-0.2, 0) is 11.8 Å². The highest BCUT2D eigenvalue weighted by molar-refractivity contribution is 8.14. The Hall–Kier alpha value is -1.55. The lowest BCUT2D eigenvalue weighted by atomic mass is 9.59. The van der Waals surface area contributed by atoms with Gasteiger partial charge in [-0.1, -0.05) is 43.2 Å². The van der Waals surface area contributed by atoms with Crippen LogP contribution in [-0.4, -0.2) is 29.1 Å². The average molecular weight is 440 g/mol. The molecule has 4 rings (SSSR count). The number of allylic oxidation sites excluding steroid dienone is 1. The fourth-order valence-electron chi connectivity index (χ4n) is 5.03. The number of fused-ring (bicyclic) bond motifs is 4. The summed E-state index contributed by atoms with van der Waals surface area (Å²) in [6, 6.07) is 14.4. The molecule has 1 heterocycles. The summed E-state index contributed by atoms with van der Waals surface area (Å²) in [5.41, 5.74) is 5.14. The van der Waals surface area contributed by atoms with Crippen LogP contribution in [0.1, 0.15) is 55.6 Å². The highest BCUT2D eigenvalue weighted by Gasteiger charge is 2.48. The maximum Gasteiger partial charge on any atom is 0.224 e. The maximum atomic E-state index is 12.7. The van der Waals surface area contributed by atoms with Crippen molar-refractivity contribution in [1.82, 2.24) is 4.90 Å². The van der Waals surface area contributed by atoms with Gasteiger partial charge >= 0.3 is 0 Å². The Morgan fingerprint density at radius 3 is 2.67 bits per heavy atom. The lowest BCUT2D eigenvalue weighted by Crippen LogP contribution is -2.57. The number of benzene rings is 2. The number of likely N-dealkylation sites (tertiary alicyclic amines) is 1. The van der Waals surface area contributed by atoms with E-state index in [-0.39, 0.29) is 10.5 Å². The molecule has 0 aromatic heterocycles. The van der Waals surface area contributed by atoms with Crippen molar-refractivity contribution in [2.24, 2.45) is 5.92 Å². The van der Waals surface area contributed by atoms with Crippen molar-refractivity contribution in [3.8, 4) is 0 Å². The van der Waals surface area contributed by atoms with Gasteiger partial charge in [-0.05, 0) is 104 Å². The van der Waals surface area contributed by atoms with E-state index in [9.17, 15) is 4.79 Å². The van der Waals surface area contributed by atoms with E-state index < -0.39 is 0 Å². The van der Waals surface area contributed by atoms with Gasteiger partial charge in [-0.15, -0.1) is 0 Å². The molecule has 30 heavy (non-hydrogen) atoms. The summed E-state index contributed by atoms with van der Waals surface area (Å²) in [5.74, 6) is 0.594. The predicted octanol–water partition coefficient (Wildman–Crippen LogP) is 6.76. The minimum Gasteiger partial charge on any atom is -0.296 e. The molecule has 1 fully saturated rings. The van der Waals surface area contributed by atoms with Crippen LogP contribution in [0.2, 0.25) is 5.02 Å². The van der Waals surface area contributed by atoms with Crippen molar-refractivity contribution >= 4 is 28.5 Å². The third-order valence-electron chi connectivity index (χ3n) is 7.12. The molecule has 0 amide bonds.